The van der Waals surface area contributed by atoms with Crippen LogP contribution in [0.15, 0.2) is 88.7 Å². The average Bonchev–Trinajstić information content (AvgIpc) is 2.81. The van der Waals surface area contributed by atoms with Gasteiger partial charge in [-0.05, 0) is 53.9 Å². The lowest BCUT2D eigenvalue weighted by atomic mass is 10.1. The van der Waals surface area contributed by atoms with Crippen LogP contribution in [0.2, 0.25) is 0 Å². The standard InChI is InChI=1S/C22H21N5O6S2/c23-15-7-11-19(21(13-15)35(31,32)33)25-27-22-18-9-8-17(34(28,29)30)12-14(18)6-10-20(22)26-24-16-4-2-1-3-5-16/h1-13,24-27H,23H2,(H,28,29,30)(H,31,32,33)/p-1. The Balaban J connectivity index is 1.75. The third kappa shape index (κ3) is 5.55. The molecule has 0 aliphatic rings. The first-order valence-corrected chi connectivity index (χ1v) is 12.9. The van der Waals surface area contributed by atoms with E-state index in [0.717, 1.165) is 11.8 Å². The zero-order chi connectivity index (χ0) is 25.2. The molecule has 0 saturated carbocycles. The van der Waals surface area contributed by atoms with Crippen molar-refractivity contribution in [2.24, 2.45) is 0 Å². The van der Waals surface area contributed by atoms with Crippen molar-refractivity contribution in [2.75, 3.05) is 27.4 Å². The van der Waals surface area contributed by atoms with E-state index in [9.17, 15) is 25.9 Å². The molecule has 13 heteroatoms. The molecule has 0 aromatic heterocycles. The highest BCUT2D eigenvalue weighted by Crippen LogP contribution is 2.34. The van der Waals surface area contributed by atoms with E-state index in [1.165, 1.54) is 30.3 Å². The Hall–Kier alpha value is -4.04. The third-order valence-corrected chi connectivity index (χ3v) is 6.73. The molecule has 0 unspecified atom stereocenters. The van der Waals surface area contributed by atoms with Crippen molar-refractivity contribution < 1.29 is 25.9 Å². The van der Waals surface area contributed by atoms with E-state index in [4.69, 9.17) is 5.73 Å². The summed E-state index contributed by atoms with van der Waals surface area (Å²) in [7, 11) is -9.26. The molecule has 7 N–H and O–H groups in total. The summed E-state index contributed by atoms with van der Waals surface area (Å²) in [5.74, 6) is 0. The van der Waals surface area contributed by atoms with Crippen molar-refractivity contribution in [1.82, 2.24) is 0 Å². The van der Waals surface area contributed by atoms with Crippen molar-refractivity contribution >= 4 is 59.4 Å². The van der Waals surface area contributed by atoms with Gasteiger partial charge in [0.2, 0.25) is 0 Å². The van der Waals surface area contributed by atoms with Crippen molar-refractivity contribution in [3.8, 4) is 0 Å². The van der Waals surface area contributed by atoms with E-state index in [-0.39, 0.29) is 16.3 Å². The lowest BCUT2D eigenvalue weighted by molar-refractivity contribution is 0.463. The molecule has 0 spiro atoms. The van der Waals surface area contributed by atoms with Crippen LogP contribution >= 0.6 is 0 Å². The monoisotopic (exact) mass is 514 g/mol. The van der Waals surface area contributed by atoms with Gasteiger partial charge >= 0.3 is 0 Å². The molecule has 4 aromatic rings. The smallest absolute Gasteiger partial charge is 0.296 e. The number of hydrazine groups is 2. The van der Waals surface area contributed by atoms with Crippen LogP contribution < -0.4 is 27.4 Å². The van der Waals surface area contributed by atoms with Gasteiger partial charge in [-0.25, -0.2) is 8.42 Å². The van der Waals surface area contributed by atoms with Crippen LogP contribution in [0.5, 0.6) is 0 Å². The summed E-state index contributed by atoms with van der Waals surface area (Å²) in [5, 5.41) is 0.942. The number of nitrogens with one attached hydrogen (secondary N) is 4. The highest BCUT2D eigenvalue weighted by Gasteiger charge is 2.17. The molecule has 0 heterocycles. The SMILES string of the molecule is Nc1ccc(NNc2c(NNc3ccccc3)ccc3cc(S(=O)(=O)[O-])ccc23)c(S(=O)(=O)O)c1. The molecular weight excluding hydrogens is 494 g/mol. The summed E-state index contributed by atoms with van der Waals surface area (Å²) < 4.78 is 67.6. The summed E-state index contributed by atoms with van der Waals surface area (Å²) in [6.45, 7) is 0. The van der Waals surface area contributed by atoms with Crippen molar-refractivity contribution in [3.05, 3.63) is 78.9 Å². The molecule has 35 heavy (non-hydrogen) atoms. The number of fused-ring (bicyclic) bond motifs is 1. The molecule has 0 bridgehead atoms. The number of rotatable bonds is 8. The van der Waals surface area contributed by atoms with Crippen LogP contribution in [-0.2, 0) is 20.2 Å². The maximum Gasteiger partial charge on any atom is 0.296 e. The van der Waals surface area contributed by atoms with Gasteiger partial charge < -0.3 is 15.7 Å². The van der Waals surface area contributed by atoms with E-state index in [1.54, 1.807) is 12.1 Å². The fraction of sp³-hybridized carbons (Fsp3) is 0. The second-order valence-corrected chi connectivity index (χ2v) is 10.2. The summed E-state index contributed by atoms with van der Waals surface area (Å²) in [6.07, 6.45) is 0. The number of nitrogens with two attached hydrogens (primary N) is 1. The average molecular weight is 515 g/mol. The summed E-state index contributed by atoms with van der Waals surface area (Å²) in [4.78, 5) is -0.832. The van der Waals surface area contributed by atoms with Crippen molar-refractivity contribution in [2.45, 2.75) is 9.79 Å². The molecule has 0 aliphatic heterocycles. The zero-order valence-corrected chi connectivity index (χ0v) is 19.5. The third-order valence-electron chi connectivity index (χ3n) is 5.00. The lowest BCUT2D eigenvalue weighted by Crippen LogP contribution is -2.16. The minimum Gasteiger partial charge on any atom is -0.744 e. The van der Waals surface area contributed by atoms with Gasteiger partial charge in [-0.15, -0.1) is 0 Å². The Labute approximate surface area is 201 Å². The van der Waals surface area contributed by atoms with Crippen LogP contribution in [-0.4, -0.2) is 25.9 Å². The minimum absolute atomic E-state index is 0.0134. The van der Waals surface area contributed by atoms with E-state index in [0.29, 0.717) is 22.1 Å². The molecule has 4 aromatic carbocycles. The van der Waals surface area contributed by atoms with Gasteiger partial charge in [-0.2, -0.15) is 8.42 Å². The number of nitrogen functional groups attached to an aromatic ring is 1. The first-order valence-electron chi connectivity index (χ1n) is 10.0. The topological polar surface area (TPSA) is 186 Å². The quantitative estimate of drug-likeness (QED) is 0.115. The van der Waals surface area contributed by atoms with Gasteiger partial charge in [-0.1, -0.05) is 30.3 Å². The second kappa shape index (κ2) is 9.31. The van der Waals surface area contributed by atoms with Gasteiger partial charge in [0.25, 0.3) is 10.1 Å². The lowest BCUT2D eigenvalue weighted by Gasteiger charge is -2.20. The van der Waals surface area contributed by atoms with Crippen LogP contribution in [0.25, 0.3) is 10.8 Å². The molecule has 11 nitrogen and oxygen atoms in total. The Morgan fingerprint density at radius 1 is 0.743 bits per heavy atom. The predicted octanol–water partition coefficient (Wildman–Crippen LogP) is 3.45. The molecule has 182 valence electrons. The van der Waals surface area contributed by atoms with Gasteiger partial charge in [0.05, 0.1) is 27.6 Å². The van der Waals surface area contributed by atoms with E-state index in [1.807, 2.05) is 30.3 Å². The maximum atomic E-state index is 11.8. The summed E-state index contributed by atoms with van der Waals surface area (Å²) in [5.41, 5.74) is 19.2. The Morgan fingerprint density at radius 3 is 2.11 bits per heavy atom. The predicted molar refractivity (Wildman–Crippen MR) is 134 cm³/mol. The molecule has 0 amide bonds. The highest BCUT2D eigenvalue weighted by atomic mass is 32.2. The Kier molecular flexibility index (Phi) is 6.41. The van der Waals surface area contributed by atoms with Crippen LogP contribution in [0.4, 0.5) is 28.4 Å². The number of hydrogen-bond donors (Lipinski definition) is 6. The largest absolute Gasteiger partial charge is 0.744 e. The number of anilines is 5. The van der Waals surface area contributed by atoms with Gasteiger partial charge in [0, 0.05) is 11.1 Å². The zero-order valence-electron chi connectivity index (χ0n) is 17.9. The molecule has 0 atom stereocenters. The highest BCUT2D eigenvalue weighted by molar-refractivity contribution is 7.86. The second-order valence-electron chi connectivity index (χ2n) is 7.42. The molecule has 0 radical (unpaired) electrons. The number of hydrogen-bond acceptors (Lipinski definition) is 10. The first-order chi connectivity index (χ1) is 16.5. The van der Waals surface area contributed by atoms with E-state index >= 15 is 0 Å². The Bertz CT molecular complexity index is 1610. The van der Waals surface area contributed by atoms with Gasteiger partial charge in [0.1, 0.15) is 15.0 Å². The van der Waals surface area contributed by atoms with Gasteiger partial charge in [0.15, 0.2) is 0 Å². The van der Waals surface area contributed by atoms with Crippen LogP contribution in [0.1, 0.15) is 0 Å². The van der Waals surface area contributed by atoms with Crippen molar-refractivity contribution in [3.63, 3.8) is 0 Å². The van der Waals surface area contributed by atoms with Gasteiger partial charge in [-0.3, -0.25) is 20.8 Å². The van der Waals surface area contributed by atoms with Crippen molar-refractivity contribution in [1.29, 1.82) is 0 Å². The minimum atomic E-state index is -4.67. The normalized spacial score (nSPS) is 11.7. The molecular formula is C22H20N5O6S2-. The molecule has 0 aliphatic carbocycles. The Morgan fingerprint density at radius 2 is 1.43 bits per heavy atom. The fourth-order valence-electron chi connectivity index (χ4n) is 3.35. The van der Waals surface area contributed by atoms with Crippen LogP contribution in [0, 0.1) is 0 Å². The van der Waals surface area contributed by atoms with Crippen LogP contribution in [0.3, 0.4) is 0 Å². The van der Waals surface area contributed by atoms with E-state index in [2.05, 4.69) is 21.7 Å². The molecule has 4 rings (SSSR count). The molecule has 0 saturated heterocycles. The fourth-order valence-corrected chi connectivity index (χ4v) is 4.54. The van der Waals surface area contributed by atoms with E-state index < -0.39 is 25.1 Å². The maximum absolute atomic E-state index is 11.8. The molecule has 0 fully saturated rings. The number of para-hydroxylation sites is 1. The number of benzene rings is 4. The summed E-state index contributed by atoms with van der Waals surface area (Å²) in [6, 6.07) is 20.2. The summed E-state index contributed by atoms with van der Waals surface area (Å²) >= 11 is 0. The first kappa shape index (κ1) is 24.1.